The van der Waals surface area contributed by atoms with Gasteiger partial charge in [-0.25, -0.2) is 4.39 Å². The quantitative estimate of drug-likeness (QED) is 0.894. The second kappa shape index (κ2) is 5.67. The molecule has 0 spiro atoms. The first-order chi connectivity index (χ1) is 8.65. The minimum Gasteiger partial charge on any atom is -0.490 e. The zero-order chi connectivity index (χ0) is 13.1. The van der Waals surface area contributed by atoms with E-state index in [4.69, 9.17) is 9.47 Å². The average Bonchev–Trinajstić information content (AvgIpc) is 2.37. The lowest BCUT2D eigenvalue weighted by molar-refractivity contribution is 0.0506. The monoisotopic (exact) mass is 253 g/mol. The summed E-state index contributed by atoms with van der Waals surface area (Å²) in [6.45, 7) is 2.73. The fourth-order valence-electron chi connectivity index (χ4n) is 2.46. The molecule has 1 aromatic carbocycles. The van der Waals surface area contributed by atoms with E-state index >= 15 is 0 Å². The van der Waals surface area contributed by atoms with Crippen LogP contribution >= 0.6 is 0 Å². The van der Waals surface area contributed by atoms with Gasteiger partial charge in [0, 0.05) is 37.1 Å². The Bertz CT molecular complexity index is 411. The SMILES string of the molecule is CNC1CC(C(C)COC)Oc2cc(F)ccc21. The van der Waals surface area contributed by atoms with Crippen LogP contribution in [0.2, 0.25) is 0 Å². The largest absolute Gasteiger partial charge is 0.490 e. The van der Waals surface area contributed by atoms with Crippen LogP contribution in [0.25, 0.3) is 0 Å². The number of methoxy groups -OCH3 is 1. The highest BCUT2D eigenvalue weighted by Crippen LogP contribution is 2.37. The van der Waals surface area contributed by atoms with Crippen molar-refractivity contribution in [1.82, 2.24) is 5.32 Å². The molecule has 0 aromatic heterocycles. The molecular weight excluding hydrogens is 233 g/mol. The smallest absolute Gasteiger partial charge is 0.127 e. The third kappa shape index (κ3) is 2.65. The number of hydrogen-bond acceptors (Lipinski definition) is 3. The van der Waals surface area contributed by atoms with Gasteiger partial charge in [-0.05, 0) is 13.1 Å². The maximum atomic E-state index is 13.3. The summed E-state index contributed by atoms with van der Waals surface area (Å²) in [5.74, 6) is 0.666. The van der Waals surface area contributed by atoms with Crippen molar-refractivity contribution in [3.63, 3.8) is 0 Å². The molecule has 0 bridgehead atoms. The molecular formula is C14H20FNO2. The van der Waals surface area contributed by atoms with Gasteiger partial charge in [0.15, 0.2) is 0 Å². The van der Waals surface area contributed by atoms with Gasteiger partial charge >= 0.3 is 0 Å². The summed E-state index contributed by atoms with van der Waals surface area (Å²) < 4.78 is 24.3. The van der Waals surface area contributed by atoms with Crippen LogP contribution in [0.4, 0.5) is 4.39 Å². The van der Waals surface area contributed by atoms with Crippen LogP contribution in [0, 0.1) is 11.7 Å². The van der Waals surface area contributed by atoms with E-state index in [1.165, 1.54) is 12.1 Å². The zero-order valence-electron chi connectivity index (χ0n) is 11.1. The summed E-state index contributed by atoms with van der Waals surface area (Å²) in [4.78, 5) is 0. The van der Waals surface area contributed by atoms with Gasteiger partial charge in [-0.15, -0.1) is 0 Å². The van der Waals surface area contributed by atoms with Gasteiger partial charge < -0.3 is 14.8 Å². The lowest BCUT2D eigenvalue weighted by Gasteiger charge is -2.35. The molecule has 2 rings (SSSR count). The van der Waals surface area contributed by atoms with Crippen LogP contribution in [0.3, 0.4) is 0 Å². The third-order valence-corrected chi connectivity index (χ3v) is 3.51. The van der Waals surface area contributed by atoms with Gasteiger partial charge in [-0.1, -0.05) is 13.0 Å². The molecule has 0 saturated carbocycles. The van der Waals surface area contributed by atoms with Gasteiger partial charge in [0.2, 0.25) is 0 Å². The molecule has 1 N–H and O–H groups in total. The molecule has 18 heavy (non-hydrogen) atoms. The predicted molar refractivity (Wildman–Crippen MR) is 68.3 cm³/mol. The highest BCUT2D eigenvalue weighted by Gasteiger charge is 2.30. The fourth-order valence-corrected chi connectivity index (χ4v) is 2.46. The van der Waals surface area contributed by atoms with Crippen molar-refractivity contribution < 1.29 is 13.9 Å². The molecule has 1 aliphatic rings. The van der Waals surface area contributed by atoms with Crippen molar-refractivity contribution in [2.24, 2.45) is 5.92 Å². The Morgan fingerprint density at radius 3 is 3.00 bits per heavy atom. The number of rotatable bonds is 4. The number of benzene rings is 1. The summed E-state index contributed by atoms with van der Waals surface area (Å²) in [7, 11) is 3.60. The standard InChI is InChI=1S/C14H20FNO2/c1-9(8-17-3)13-7-12(16-2)11-5-4-10(15)6-14(11)18-13/h4-6,9,12-13,16H,7-8H2,1-3H3. The molecule has 0 saturated heterocycles. The molecule has 100 valence electrons. The minimum absolute atomic E-state index is 0.0525. The van der Waals surface area contributed by atoms with Crippen LogP contribution < -0.4 is 10.1 Å². The number of fused-ring (bicyclic) bond motifs is 1. The van der Waals surface area contributed by atoms with Crippen molar-refractivity contribution in [3.8, 4) is 5.75 Å². The first kappa shape index (κ1) is 13.3. The summed E-state index contributed by atoms with van der Waals surface area (Å²) in [6, 6.07) is 4.94. The average molecular weight is 253 g/mol. The molecule has 0 fully saturated rings. The molecule has 3 nitrogen and oxygen atoms in total. The van der Waals surface area contributed by atoms with E-state index < -0.39 is 0 Å². The molecule has 0 amide bonds. The molecule has 0 radical (unpaired) electrons. The number of ether oxygens (including phenoxy) is 2. The maximum Gasteiger partial charge on any atom is 0.127 e. The molecule has 3 unspecified atom stereocenters. The summed E-state index contributed by atoms with van der Waals surface area (Å²) in [5, 5.41) is 3.26. The molecule has 4 heteroatoms. The van der Waals surface area contributed by atoms with E-state index in [0.29, 0.717) is 12.4 Å². The van der Waals surface area contributed by atoms with Crippen LogP contribution in [0.15, 0.2) is 18.2 Å². The zero-order valence-corrected chi connectivity index (χ0v) is 11.1. The fraction of sp³-hybridized carbons (Fsp3) is 0.571. The van der Waals surface area contributed by atoms with Crippen LogP contribution in [0.1, 0.15) is 24.9 Å². The van der Waals surface area contributed by atoms with E-state index in [9.17, 15) is 4.39 Å². The molecule has 3 atom stereocenters. The van der Waals surface area contributed by atoms with E-state index in [2.05, 4.69) is 12.2 Å². The predicted octanol–water partition coefficient (Wildman–Crippen LogP) is 2.52. The maximum absolute atomic E-state index is 13.3. The second-order valence-electron chi connectivity index (χ2n) is 4.85. The Kier molecular flexibility index (Phi) is 4.19. The first-order valence-corrected chi connectivity index (χ1v) is 6.28. The van der Waals surface area contributed by atoms with Gasteiger partial charge in [0.25, 0.3) is 0 Å². The van der Waals surface area contributed by atoms with E-state index in [1.54, 1.807) is 13.2 Å². The summed E-state index contributed by atoms with van der Waals surface area (Å²) in [5.41, 5.74) is 1.03. The number of halogens is 1. The van der Waals surface area contributed by atoms with Gasteiger partial charge in [-0.2, -0.15) is 0 Å². The Labute approximate surface area is 107 Å². The molecule has 1 aliphatic heterocycles. The van der Waals surface area contributed by atoms with Crippen molar-refractivity contribution in [1.29, 1.82) is 0 Å². The lowest BCUT2D eigenvalue weighted by atomic mass is 9.91. The summed E-state index contributed by atoms with van der Waals surface area (Å²) >= 11 is 0. The van der Waals surface area contributed by atoms with Crippen molar-refractivity contribution in [3.05, 3.63) is 29.6 Å². The number of nitrogens with one attached hydrogen (secondary N) is 1. The molecule has 1 aromatic rings. The van der Waals surface area contributed by atoms with Crippen molar-refractivity contribution >= 4 is 0 Å². The Morgan fingerprint density at radius 2 is 2.33 bits per heavy atom. The van der Waals surface area contributed by atoms with Gasteiger partial charge in [-0.3, -0.25) is 0 Å². The minimum atomic E-state index is -0.261. The van der Waals surface area contributed by atoms with Crippen molar-refractivity contribution in [2.45, 2.75) is 25.5 Å². The van der Waals surface area contributed by atoms with Crippen LogP contribution in [-0.2, 0) is 4.74 Å². The molecule has 1 heterocycles. The third-order valence-electron chi connectivity index (χ3n) is 3.51. The Balaban J connectivity index is 2.23. The van der Waals surface area contributed by atoms with Crippen LogP contribution in [0.5, 0.6) is 5.75 Å². The second-order valence-corrected chi connectivity index (χ2v) is 4.85. The lowest BCUT2D eigenvalue weighted by Crippen LogP contribution is -2.37. The Hall–Kier alpha value is -1.13. The Morgan fingerprint density at radius 1 is 1.56 bits per heavy atom. The van der Waals surface area contributed by atoms with E-state index in [0.717, 1.165) is 12.0 Å². The van der Waals surface area contributed by atoms with Crippen molar-refractivity contribution in [2.75, 3.05) is 20.8 Å². The molecule has 0 aliphatic carbocycles. The van der Waals surface area contributed by atoms with Crippen LogP contribution in [-0.4, -0.2) is 26.9 Å². The van der Waals surface area contributed by atoms with Gasteiger partial charge in [0.1, 0.15) is 17.7 Å². The highest BCUT2D eigenvalue weighted by atomic mass is 19.1. The summed E-state index contributed by atoms with van der Waals surface area (Å²) in [6.07, 6.45) is 0.927. The highest BCUT2D eigenvalue weighted by molar-refractivity contribution is 5.38. The first-order valence-electron chi connectivity index (χ1n) is 6.28. The van der Waals surface area contributed by atoms with E-state index in [1.807, 2.05) is 7.05 Å². The van der Waals surface area contributed by atoms with Gasteiger partial charge in [0.05, 0.1) is 6.61 Å². The topological polar surface area (TPSA) is 30.5 Å². The normalized spacial score (nSPS) is 24.2. The number of hydrogen-bond donors (Lipinski definition) is 1. The van der Waals surface area contributed by atoms with E-state index in [-0.39, 0.29) is 23.9 Å².